The van der Waals surface area contributed by atoms with Gasteiger partial charge in [0.05, 0.1) is 14.2 Å². The van der Waals surface area contributed by atoms with Crippen LogP contribution >= 0.6 is 0 Å². The molecular weight excluding hydrogens is 264 g/mol. The molecule has 0 saturated carbocycles. The van der Waals surface area contributed by atoms with Crippen molar-refractivity contribution in [3.05, 3.63) is 53.6 Å². The van der Waals surface area contributed by atoms with E-state index < -0.39 is 11.6 Å². The second-order valence-corrected chi connectivity index (χ2v) is 4.19. The van der Waals surface area contributed by atoms with Crippen molar-refractivity contribution in [3.8, 4) is 11.5 Å². The molecule has 0 bridgehead atoms. The molecule has 2 aromatic carbocycles. The number of ether oxygens (including phenoxy) is 2. The van der Waals surface area contributed by atoms with Crippen LogP contribution in [0.25, 0.3) is 0 Å². The number of methoxy groups -OCH3 is 2. The Kier molecular flexibility index (Phi) is 4.40. The van der Waals surface area contributed by atoms with Crippen molar-refractivity contribution in [2.24, 2.45) is 0 Å². The van der Waals surface area contributed by atoms with Crippen LogP contribution in [0.4, 0.5) is 14.5 Å². The lowest BCUT2D eigenvalue weighted by Crippen LogP contribution is -2.03. The Morgan fingerprint density at radius 3 is 2.25 bits per heavy atom. The topological polar surface area (TPSA) is 30.5 Å². The highest BCUT2D eigenvalue weighted by atomic mass is 19.1. The molecule has 0 atom stereocenters. The molecule has 20 heavy (non-hydrogen) atoms. The molecule has 0 fully saturated rings. The van der Waals surface area contributed by atoms with Crippen molar-refractivity contribution >= 4 is 5.69 Å². The Balaban J connectivity index is 2.17. The summed E-state index contributed by atoms with van der Waals surface area (Å²) in [6, 6.07) is 8.66. The summed E-state index contributed by atoms with van der Waals surface area (Å²) in [6.45, 7) is 0.364. The van der Waals surface area contributed by atoms with E-state index in [4.69, 9.17) is 9.47 Å². The van der Waals surface area contributed by atoms with Gasteiger partial charge >= 0.3 is 0 Å². The van der Waals surface area contributed by atoms with Gasteiger partial charge in [0.25, 0.3) is 0 Å². The van der Waals surface area contributed by atoms with Crippen molar-refractivity contribution in [2.75, 3.05) is 19.5 Å². The Labute approximate surface area is 116 Å². The fourth-order valence-corrected chi connectivity index (χ4v) is 1.87. The van der Waals surface area contributed by atoms with Crippen molar-refractivity contribution in [1.82, 2.24) is 0 Å². The third kappa shape index (κ3) is 3.38. The van der Waals surface area contributed by atoms with Gasteiger partial charge in [0.15, 0.2) is 0 Å². The van der Waals surface area contributed by atoms with Crippen LogP contribution in [0.15, 0.2) is 36.4 Å². The first-order chi connectivity index (χ1) is 9.62. The highest BCUT2D eigenvalue weighted by Gasteiger charge is 2.06. The summed E-state index contributed by atoms with van der Waals surface area (Å²) in [6.07, 6.45) is 0. The van der Waals surface area contributed by atoms with E-state index in [1.54, 1.807) is 26.4 Å². The second kappa shape index (κ2) is 6.23. The maximum absolute atomic E-state index is 13.1. The van der Waals surface area contributed by atoms with Crippen molar-refractivity contribution in [2.45, 2.75) is 6.54 Å². The van der Waals surface area contributed by atoms with E-state index in [-0.39, 0.29) is 0 Å². The second-order valence-electron chi connectivity index (χ2n) is 4.19. The maximum atomic E-state index is 13.1. The third-order valence-corrected chi connectivity index (χ3v) is 2.83. The summed E-state index contributed by atoms with van der Waals surface area (Å²) in [5.74, 6) is 0.124. The fourth-order valence-electron chi connectivity index (χ4n) is 1.87. The summed E-state index contributed by atoms with van der Waals surface area (Å²) >= 11 is 0. The van der Waals surface area contributed by atoms with E-state index in [0.29, 0.717) is 23.7 Å². The van der Waals surface area contributed by atoms with E-state index in [0.717, 1.165) is 11.6 Å². The van der Waals surface area contributed by atoms with E-state index in [1.165, 1.54) is 12.1 Å². The van der Waals surface area contributed by atoms with Gasteiger partial charge in [-0.25, -0.2) is 8.78 Å². The van der Waals surface area contributed by atoms with Crippen LogP contribution in [0.5, 0.6) is 11.5 Å². The molecule has 0 spiro atoms. The van der Waals surface area contributed by atoms with Gasteiger partial charge in [-0.1, -0.05) is 0 Å². The van der Waals surface area contributed by atoms with Crippen LogP contribution < -0.4 is 14.8 Å². The van der Waals surface area contributed by atoms with Crippen LogP contribution in [0.3, 0.4) is 0 Å². The highest BCUT2D eigenvalue weighted by molar-refractivity contribution is 5.47. The molecule has 0 heterocycles. The molecule has 0 saturated heterocycles. The van der Waals surface area contributed by atoms with Gasteiger partial charge in [0.2, 0.25) is 0 Å². The number of halogens is 2. The van der Waals surface area contributed by atoms with Crippen molar-refractivity contribution in [1.29, 1.82) is 0 Å². The normalized spacial score (nSPS) is 10.2. The molecular formula is C15H15F2NO2. The molecule has 0 amide bonds. The van der Waals surface area contributed by atoms with Gasteiger partial charge in [0, 0.05) is 23.9 Å². The average molecular weight is 279 g/mol. The van der Waals surface area contributed by atoms with Gasteiger partial charge < -0.3 is 14.8 Å². The van der Waals surface area contributed by atoms with Crippen LogP contribution in [0.1, 0.15) is 5.56 Å². The number of anilines is 1. The lowest BCUT2D eigenvalue weighted by atomic mass is 10.2. The molecule has 0 unspecified atom stereocenters. The van der Waals surface area contributed by atoms with Crippen LogP contribution in [0.2, 0.25) is 0 Å². The fraction of sp³-hybridized carbons (Fsp3) is 0.200. The van der Waals surface area contributed by atoms with Crippen molar-refractivity contribution < 1.29 is 18.3 Å². The maximum Gasteiger partial charge on any atom is 0.128 e. The number of hydrogen-bond acceptors (Lipinski definition) is 3. The van der Waals surface area contributed by atoms with Crippen LogP contribution in [-0.4, -0.2) is 14.2 Å². The van der Waals surface area contributed by atoms with E-state index in [1.807, 2.05) is 6.07 Å². The monoisotopic (exact) mass is 279 g/mol. The SMILES string of the molecule is COc1ccc(OC)c(CNc2cc(F)cc(F)c2)c1. The predicted molar refractivity (Wildman–Crippen MR) is 73.2 cm³/mol. The largest absolute Gasteiger partial charge is 0.497 e. The van der Waals surface area contributed by atoms with Crippen LogP contribution in [-0.2, 0) is 6.54 Å². The molecule has 106 valence electrons. The highest BCUT2D eigenvalue weighted by Crippen LogP contribution is 2.25. The van der Waals surface area contributed by atoms with E-state index >= 15 is 0 Å². The van der Waals surface area contributed by atoms with E-state index in [9.17, 15) is 8.78 Å². The number of hydrogen-bond donors (Lipinski definition) is 1. The molecule has 2 aromatic rings. The first kappa shape index (κ1) is 14.1. The lowest BCUT2D eigenvalue weighted by Gasteiger charge is -2.12. The molecule has 5 heteroatoms. The van der Waals surface area contributed by atoms with E-state index in [2.05, 4.69) is 5.32 Å². The molecule has 0 aliphatic heterocycles. The number of benzene rings is 2. The minimum absolute atomic E-state index is 0.364. The van der Waals surface area contributed by atoms with Crippen LogP contribution in [0, 0.1) is 11.6 Å². The Morgan fingerprint density at radius 2 is 1.65 bits per heavy atom. The molecule has 0 radical (unpaired) electrons. The van der Waals surface area contributed by atoms with Gasteiger partial charge in [-0.2, -0.15) is 0 Å². The minimum atomic E-state index is -0.620. The predicted octanol–water partition coefficient (Wildman–Crippen LogP) is 3.59. The zero-order valence-corrected chi connectivity index (χ0v) is 11.2. The lowest BCUT2D eigenvalue weighted by molar-refractivity contribution is 0.399. The summed E-state index contributed by atoms with van der Waals surface area (Å²) in [4.78, 5) is 0. The molecule has 2 rings (SSSR count). The Bertz CT molecular complexity index is 582. The number of rotatable bonds is 5. The van der Waals surface area contributed by atoms with Crippen molar-refractivity contribution in [3.63, 3.8) is 0 Å². The summed E-state index contributed by atoms with van der Waals surface area (Å²) in [7, 11) is 3.13. The standard InChI is InChI=1S/C15H15F2NO2/c1-19-14-3-4-15(20-2)10(5-14)9-18-13-7-11(16)6-12(17)8-13/h3-8,18H,9H2,1-2H3. The van der Waals surface area contributed by atoms with Gasteiger partial charge in [-0.3, -0.25) is 0 Å². The van der Waals surface area contributed by atoms with Gasteiger partial charge in [-0.05, 0) is 30.3 Å². The minimum Gasteiger partial charge on any atom is -0.497 e. The average Bonchev–Trinajstić information content (AvgIpc) is 2.43. The summed E-state index contributed by atoms with van der Waals surface area (Å²) in [5, 5.41) is 2.95. The zero-order chi connectivity index (χ0) is 14.5. The molecule has 1 N–H and O–H groups in total. The zero-order valence-electron chi connectivity index (χ0n) is 11.2. The molecule has 0 aliphatic rings. The molecule has 3 nitrogen and oxygen atoms in total. The molecule has 0 aliphatic carbocycles. The third-order valence-electron chi connectivity index (χ3n) is 2.83. The van der Waals surface area contributed by atoms with Gasteiger partial charge in [-0.15, -0.1) is 0 Å². The van der Waals surface area contributed by atoms with Gasteiger partial charge in [0.1, 0.15) is 23.1 Å². The Hall–Kier alpha value is -2.30. The summed E-state index contributed by atoms with van der Waals surface area (Å²) < 4.78 is 36.6. The summed E-state index contributed by atoms with van der Waals surface area (Å²) in [5.41, 5.74) is 1.20. The quantitative estimate of drug-likeness (QED) is 0.907. The first-order valence-corrected chi connectivity index (χ1v) is 6.03. The Morgan fingerprint density at radius 1 is 0.950 bits per heavy atom. The smallest absolute Gasteiger partial charge is 0.128 e. The molecule has 0 aromatic heterocycles. The number of nitrogens with one attached hydrogen (secondary N) is 1. The first-order valence-electron chi connectivity index (χ1n) is 6.03.